The summed E-state index contributed by atoms with van der Waals surface area (Å²) in [5.41, 5.74) is 3.35. The monoisotopic (exact) mass is 406 g/mol. The predicted molar refractivity (Wildman–Crippen MR) is 115 cm³/mol. The lowest BCUT2D eigenvalue weighted by Gasteiger charge is -2.35. The fraction of sp³-hybridized carbons (Fsp3) is 0.417. The first-order valence-electron chi connectivity index (χ1n) is 10.8. The second-order valence-electron chi connectivity index (χ2n) is 8.64. The summed E-state index contributed by atoms with van der Waals surface area (Å²) in [5.74, 6) is -0.191. The third-order valence-electron chi connectivity index (χ3n) is 6.79. The van der Waals surface area contributed by atoms with Crippen LogP contribution in [0.4, 0.5) is 4.39 Å². The third-order valence-corrected chi connectivity index (χ3v) is 6.79. The number of carbonyl (C=O) groups is 1. The van der Waals surface area contributed by atoms with Crippen molar-refractivity contribution in [3.05, 3.63) is 65.7 Å². The molecule has 1 aliphatic heterocycles. The molecule has 1 atom stereocenters. The van der Waals surface area contributed by atoms with Crippen molar-refractivity contribution in [3.8, 4) is 0 Å². The Morgan fingerprint density at radius 3 is 2.70 bits per heavy atom. The summed E-state index contributed by atoms with van der Waals surface area (Å²) < 4.78 is 15.4. The van der Waals surface area contributed by atoms with E-state index in [4.69, 9.17) is 0 Å². The van der Waals surface area contributed by atoms with E-state index >= 15 is 0 Å². The molecule has 1 aromatic heterocycles. The van der Waals surface area contributed by atoms with Crippen LogP contribution in [0.25, 0.3) is 11.0 Å². The molecule has 1 aliphatic carbocycles. The maximum Gasteiger partial charge on any atom is 0.253 e. The van der Waals surface area contributed by atoms with Gasteiger partial charge in [-0.3, -0.25) is 9.69 Å². The summed E-state index contributed by atoms with van der Waals surface area (Å²) in [7, 11) is 1.93. The number of likely N-dealkylation sites (tertiary alicyclic amines) is 1. The molecule has 5 nitrogen and oxygen atoms in total. The molecule has 30 heavy (non-hydrogen) atoms. The molecule has 2 aromatic carbocycles. The van der Waals surface area contributed by atoms with E-state index in [1.807, 2.05) is 40.8 Å². The molecule has 1 amide bonds. The quantitative estimate of drug-likeness (QED) is 0.645. The normalized spacial score (nSPS) is 19.9. The van der Waals surface area contributed by atoms with Gasteiger partial charge >= 0.3 is 0 Å². The second kappa shape index (κ2) is 7.84. The summed E-state index contributed by atoms with van der Waals surface area (Å²) in [5, 5.41) is 0. The van der Waals surface area contributed by atoms with Crippen LogP contribution in [0.1, 0.15) is 41.6 Å². The summed E-state index contributed by atoms with van der Waals surface area (Å²) in [6.07, 6.45) is 6.76. The first-order valence-corrected chi connectivity index (χ1v) is 10.8. The van der Waals surface area contributed by atoms with Gasteiger partial charge < -0.3 is 9.47 Å². The molecule has 1 saturated heterocycles. The molecule has 0 bridgehead atoms. The Morgan fingerprint density at radius 1 is 1.17 bits per heavy atom. The van der Waals surface area contributed by atoms with Crippen LogP contribution in [0, 0.1) is 5.82 Å². The molecular formula is C24H27FN4O. The smallest absolute Gasteiger partial charge is 0.253 e. The number of halogens is 1. The largest absolute Gasteiger partial charge is 0.337 e. The van der Waals surface area contributed by atoms with Crippen LogP contribution in [-0.2, 0) is 6.54 Å². The first kappa shape index (κ1) is 19.2. The number of rotatable bonds is 5. The number of imidazole rings is 1. The summed E-state index contributed by atoms with van der Waals surface area (Å²) in [4.78, 5) is 21.7. The van der Waals surface area contributed by atoms with Gasteiger partial charge in [-0.2, -0.15) is 0 Å². The van der Waals surface area contributed by atoms with Crippen molar-refractivity contribution in [1.29, 1.82) is 0 Å². The van der Waals surface area contributed by atoms with Crippen LogP contribution in [0.2, 0.25) is 0 Å². The Morgan fingerprint density at radius 2 is 1.97 bits per heavy atom. The number of benzene rings is 2. The Hall–Kier alpha value is -2.73. The molecule has 6 heteroatoms. The number of amides is 1. The molecule has 156 valence electrons. The zero-order valence-corrected chi connectivity index (χ0v) is 17.3. The lowest BCUT2D eigenvalue weighted by atomic mass is 9.92. The van der Waals surface area contributed by atoms with Gasteiger partial charge in [0.2, 0.25) is 0 Å². The van der Waals surface area contributed by atoms with Crippen molar-refractivity contribution in [1.82, 2.24) is 19.4 Å². The van der Waals surface area contributed by atoms with E-state index in [1.54, 1.807) is 12.4 Å². The van der Waals surface area contributed by atoms with Gasteiger partial charge in [0.25, 0.3) is 5.91 Å². The molecule has 0 spiro atoms. The van der Waals surface area contributed by atoms with E-state index in [0.29, 0.717) is 18.1 Å². The molecular weight excluding hydrogens is 379 g/mol. The number of carbonyl (C=O) groups excluding carboxylic acids is 1. The van der Waals surface area contributed by atoms with Gasteiger partial charge in [0, 0.05) is 50.4 Å². The third kappa shape index (κ3) is 3.60. The van der Waals surface area contributed by atoms with Crippen LogP contribution in [0.5, 0.6) is 0 Å². The number of nitrogens with zero attached hydrogens (tertiary/aromatic N) is 4. The van der Waals surface area contributed by atoms with E-state index in [2.05, 4.69) is 9.88 Å². The topological polar surface area (TPSA) is 41.4 Å². The minimum atomic E-state index is -0.280. The highest BCUT2D eigenvalue weighted by Gasteiger charge is 2.34. The average Bonchev–Trinajstić information content (AvgIpc) is 3.34. The van der Waals surface area contributed by atoms with Gasteiger partial charge in [0.05, 0.1) is 17.4 Å². The Kier molecular flexibility index (Phi) is 5.03. The van der Waals surface area contributed by atoms with E-state index in [-0.39, 0.29) is 11.7 Å². The van der Waals surface area contributed by atoms with Crippen molar-refractivity contribution in [2.45, 2.75) is 44.3 Å². The fourth-order valence-corrected chi connectivity index (χ4v) is 4.65. The molecule has 1 unspecified atom stereocenters. The van der Waals surface area contributed by atoms with Gasteiger partial charge in [0.15, 0.2) is 0 Å². The van der Waals surface area contributed by atoms with Gasteiger partial charge in [-0.15, -0.1) is 0 Å². The van der Waals surface area contributed by atoms with Crippen LogP contribution in [0.3, 0.4) is 0 Å². The molecule has 1 saturated carbocycles. The predicted octanol–water partition coefficient (Wildman–Crippen LogP) is 3.92. The van der Waals surface area contributed by atoms with Gasteiger partial charge in [-0.1, -0.05) is 18.6 Å². The lowest BCUT2D eigenvalue weighted by molar-refractivity contribution is 0.0720. The van der Waals surface area contributed by atoms with Crippen LogP contribution < -0.4 is 0 Å². The Labute approximate surface area is 176 Å². The maximum atomic E-state index is 13.4. The molecule has 2 heterocycles. The summed E-state index contributed by atoms with van der Waals surface area (Å²) >= 11 is 0. The van der Waals surface area contributed by atoms with Crippen LogP contribution in [-0.4, -0.2) is 57.5 Å². The standard InChI is InChI=1S/C24H27FN4O/c1-27(21-11-12-28(15-21)20-3-2-4-20)24(30)18-7-5-17(6-8-18)14-29-16-26-22-13-19(25)9-10-23(22)29/h5-10,13,16,20-21H,2-4,11-12,14-15H2,1H3. The van der Waals surface area contributed by atoms with Crippen molar-refractivity contribution < 1.29 is 9.18 Å². The number of aromatic nitrogens is 2. The zero-order valence-electron chi connectivity index (χ0n) is 17.3. The number of likely N-dealkylation sites (N-methyl/N-ethyl adjacent to an activating group) is 1. The van der Waals surface area contributed by atoms with Crippen molar-refractivity contribution >= 4 is 16.9 Å². The lowest BCUT2D eigenvalue weighted by Crippen LogP contribution is -2.43. The first-order chi connectivity index (χ1) is 14.6. The highest BCUT2D eigenvalue weighted by molar-refractivity contribution is 5.94. The van der Waals surface area contributed by atoms with Crippen LogP contribution in [0.15, 0.2) is 48.8 Å². The van der Waals surface area contributed by atoms with Gasteiger partial charge in [-0.25, -0.2) is 9.37 Å². The molecule has 2 fully saturated rings. The van der Waals surface area contributed by atoms with Crippen molar-refractivity contribution in [2.75, 3.05) is 20.1 Å². The van der Waals surface area contributed by atoms with E-state index in [0.717, 1.165) is 42.2 Å². The van der Waals surface area contributed by atoms with E-state index < -0.39 is 0 Å². The highest BCUT2D eigenvalue weighted by atomic mass is 19.1. The minimum absolute atomic E-state index is 0.0885. The molecule has 5 rings (SSSR count). The van der Waals surface area contributed by atoms with Gasteiger partial charge in [-0.05, 0) is 49.1 Å². The Balaban J connectivity index is 1.24. The van der Waals surface area contributed by atoms with Crippen molar-refractivity contribution in [3.63, 3.8) is 0 Å². The minimum Gasteiger partial charge on any atom is -0.337 e. The SMILES string of the molecule is CN(C(=O)c1ccc(Cn2cnc3cc(F)ccc32)cc1)C1CCN(C2CCC2)C1. The number of hydrogen-bond donors (Lipinski definition) is 0. The summed E-state index contributed by atoms with van der Waals surface area (Å²) in [6, 6.07) is 13.5. The van der Waals surface area contributed by atoms with Crippen LogP contribution >= 0.6 is 0 Å². The van der Waals surface area contributed by atoms with Gasteiger partial charge in [0.1, 0.15) is 5.82 Å². The fourth-order valence-electron chi connectivity index (χ4n) is 4.65. The molecule has 3 aromatic rings. The summed E-state index contributed by atoms with van der Waals surface area (Å²) in [6.45, 7) is 2.74. The van der Waals surface area contributed by atoms with E-state index in [9.17, 15) is 9.18 Å². The Bertz CT molecular complexity index is 1060. The number of hydrogen-bond acceptors (Lipinski definition) is 3. The molecule has 2 aliphatic rings. The van der Waals surface area contributed by atoms with E-state index in [1.165, 1.54) is 31.4 Å². The molecule has 0 radical (unpaired) electrons. The number of fused-ring (bicyclic) bond motifs is 1. The zero-order chi connectivity index (χ0) is 20.7. The highest BCUT2D eigenvalue weighted by Crippen LogP contribution is 2.29. The average molecular weight is 407 g/mol. The molecule has 0 N–H and O–H groups in total. The maximum absolute atomic E-state index is 13.4. The van der Waals surface area contributed by atoms with Crippen molar-refractivity contribution in [2.24, 2.45) is 0 Å². The second-order valence-corrected chi connectivity index (χ2v) is 8.64.